The molecule has 3 heteroatoms. The van der Waals surface area contributed by atoms with Crippen molar-refractivity contribution < 1.29 is 14.3 Å². The summed E-state index contributed by atoms with van der Waals surface area (Å²) in [5.41, 5.74) is 0.931. The summed E-state index contributed by atoms with van der Waals surface area (Å²) >= 11 is 0. The lowest BCUT2D eigenvalue weighted by Crippen LogP contribution is -2.08. The van der Waals surface area contributed by atoms with Crippen molar-refractivity contribution in [3.8, 4) is 0 Å². The van der Waals surface area contributed by atoms with Gasteiger partial charge in [-0.25, -0.2) is 0 Å². The van der Waals surface area contributed by atoms with Crippen molar-refractivity contribution in [3.05, 3.63) is 54.1 Å². The Balaban J connectivity index is 2.05. The molecule has 0 saturated carbocycles. The molecule has 0 aromatic heterocycles. The van der Waals surface area contributed by atoms with Crippen molar-refractivity contribution in [2.75, 3.05) is 6.61 Å². The van der Waals surface area contributed by atoms with Crippen molar-refractivity contribution in [2.24, 2.45) is 0 Å². The Morgan fingerprint density at radius 1 is 1.10 bits per heavy atom. The number of ketones is 1. The van der Waals surface area contributed by atoms with Gasteiger partial charge < -0.3 is 4.74 Å². The van der Waals surface area contributed by atoms with Crippen LogP contribution < -0.4 is 0 Å². The molecule has 0 atom stereocenters. The molecule has 0 aliphatic heterocycles. The van der Waals surface area contributed by atoms with E-state index in [0.717, 1.165) is 16.3 Å². The molecule has 0 radical (unpaired) electrons. The van der Waals surface area contributed by atoms with E-state index in [9.17, 15) is 9.59 Å². The molecule has 102 valence electrons. The van der Waals surface area contributed by atoms with Crippen LogP contribution in [0.2, 0.25) is 0 Å². The molecule has 3 nitrogen and oxygen atoms in total. The van der Waals surface area contributed by atoms with Gasteiger partial charge in [-0.2, -0.15) is 0 Å². The van der Waals surface area contributed by atoms with E-state index in [1.807, 2.05) is 42.5 Å². The molecule has 0 saturated heterocycles. The zero-order valence-corrected chi connectivity index (χ0v) is 11.3. The number of ether oxygens (including phenoxy) is 1. The second kappa shape index (κ2) is 6.66. The molecule has 2 rings (SSSR count). The van der Waals surface area contributed by atoms with E-state index in [4.69, 9.17) is 4.74 Å². The summed E-state index contributed by atoms with van der Waals surface area (Å²) in [6, 6.07) is 14.0. The van der Waals surface area contributed by atoms with E-state index < -0.39 is 5.97 Å². The second-order valence-electron chi connectivity index (χ2n) is 4.39. The van der Waals surface area contributed by atoms with Crippen molar-refractivity contribution in [1.29, 1.82) is 0 Å². The van der Waals surface area contributed by atoms with Gasteiger partial charge in [0.1, 0.15) is 6.42 Å². The molecule has 0 heterocycles. The van der Waals surface area contributed by atoms with E-state index in [1.165, 1.54) is 6.08 Å². The van der Waals surface area contributed by atoms with Gasteiger partial charge in [-0.3, -0.25) is 9.59 Å². The summed E-state index contributed by atoms with van der Waals surface area (Å²) in [7, 11) is 0. The van der Waals surface area contributed by atoms with Gasteiger partial charge in [-0.05, 0) is 35.4 Å². The predicted octanol–water partition coefficient (Wildman–Crippen LogP) is 3.38. The Kier molecular flexibility index (Phi) is 4.66. The number of fused-ring (bicyclic) bond motifs is 1. The summed E-state index contributed by atoms with van der Waals surface area (Å²) in [6.45, 7) is 2.01. The Morgan fingerprint density at radius 3 is 2.60 bits per heavy atom. The normalized spacial score (nSPS) is 10.8. The molecule has 0 amide bonds. The minimum Gasteiger partial charge on any atom is -0.466 e. The smallest absolute Gasteiger partial charge is 0.313 e. The van der Waals surface area contributed by atoms with Crippen molar-refractivity contribution in [1.82, 2.24) is 0 Å². The first-order chi connectivity index (χ1) is 9.69. The van der Waals surface area contributed by atoms with Crippen LogP contribution in [0.4, 0.5) is 0 Å². The first-order valence-electron chi connectivity index (χ1n) is 6.54. The number of benzene rings is 2. The minimum atomic E-state index is -0.485. The number of hydrogen-bond donors (Lipinski definition) is 0. The van der Waals surface area contributed by atoms with Crippen LogP contribution in [-0.2, 0) is 14.3 Å². The van der Waals surface area contributed by atoms with E-state index in [2.05, 4.69) is 0 Å². The minimum absolute atomic E-state index is 0.210. The van der Waals surface area contributed by atoms with E-state index in [-0.39, 0.29) is 12.2 Å². The van der Waals surface area contributed by atoms with Gasteiger partial charge in [0.15, 0.2) is 5.78 Å². The third-order valence-corrected chi connectivity index (χ3v) is 2.86. The van der Waals surface area contributed by atoms with Crippen LogP contribution in [0.1, 0.15) is 18.9 Å². The summed E-state index contributed by atoms with van der Waals surface area (Å²) in [5, 5.41) is 2.27. The lowest BCUT2D eigenvalue weighted by molar-refractivity contribution is -0.144. The molecular formula is C17H16O3. The van der Waals surface area contributed by atoms with Gasteiger partial charge in [0.05, 0.1) is 6.61 Å². The monoisotopic (exact) mass is 268 g/mol. The summed E-state index contributed by atoms with van der Waals surface area (Å²) in [5.74, 6) is -0.739. The molecule has 0 bridgehead atoms. The molecule has 0 aliphatic carbocycles. The molecule has 20 heavy (non-hydrogen) atoms. The number of esters is 1. The van der Waals surface area contributed by atoms with Crippen LogP contribution in [0.3, 0.4) is 0 Å². The molecule has 2 aromatic carbocycles. The molecule has 0 aliphatic rings. The maximum atomic E-state index is 11.6. The molecule has 0 N–H and O–H groups in total. The third-order valence-electron chi connectivity index (χ3n) is 2.86. The number of carbonyl (C=O) groups excluding carboxylic acids is 2. The average Bonchev–Trinajstić information content (AvgIpc) is 2.45. The highest BCUT2D eigenvalue weighted by Crippen LogP contribution is 2.16. The lowest BCUT2D eigenvalue weighted by atomic mass is 10.1. The van der Waals surface area contributed by atoms with E-state index in [0.29, 0.717) is 6.61 Å². The van der Waals surface area contributed by atoms with E-state index in [1.54, 1.807) is 13.0 Å². The first-order valence-corrected chi connectivity index (χ1v) is 6.54. The average molecular weight is 268 g/mol. The van der Waals surface area contributed by atoms with Crippen LogP contribution in [0, 0.1) is 0 Å². The summed E-state index contributed by atoms with van der Waals surface area (Å²) in [6.07, 6.45) is 2.92. The van der Waals surface area contributed by atoms with Crippen LogP contribution in [0.5, 0.6) is 0 Å². The van der Waals surface area contributed by atoms with Crippen LogP contribution in [0.25, 0.3) is 16.8 Å². The Bertz CT molecular complexity index is 656. The number of carbonyl (C=O) groups is 2. The van der Waals surface area contributed by atoms with Gasteiger partial charge in [-0.1, -0.05) is 42.5 Å². The zero-order valence-electron chi connectivity index (χ0n) is 11.3. The van der Waals surface area contributed by atoms with E-state index >= 15 is 0 Å². The number of hydrogen-bond acceptors (Lipinski definition) is 3. The maximum Gasteiger partial charge on any atom is 0.313 e. The standard InChI is InChI=1S/C17H16O3/c1-2-20-17(19)12-16(18)10-8-13-7-9-14-5-3-4-6-15(14)11-13/h3-11H,2,12H2,1H3. The Labute approximate surface area is 117 Å². The number of rotatable bonds is 5. The highest BCUT2D eigenvalue weighted by atomic mass is 16.5. The largest absolute Gasteiger partial charge is 0.466 e. The van der Waals surface area contributed by atoms with Gasteiger partial charge >= 0.3 is 5.97 Å². The molecule has 0 spiro atoms. The highest BCUT2D eigenvalue weighted by Gasteiger charge is 2.06. The van der Waals surface area contributed by atoms with Crippen molar-refractivity contribution in [3.63, 3.8) is 0 Å². The van der Waals surface area contributed by atoms with Gasteiger partial charge in [0, 0.05) is 0 Å². The second-order valence-corrected chi connectivity index (χ2v) is 4.39. The fourth-order valence-electron chi connectivity index (χ4n) is 1.91. The molecule has 0 fully saturated rings. The summed E-state index contributed by atoms with van der Waals surface area (Å²) < 4.78 is 4.73. The molecule has 0 unspecified atom stereocenters. The quantitative estimate of drug-likeness (QED) is 0.474. The molecule has 2 aromatic rings. The highest BCUT2D eigenvalue weighted by molar-refractivity contribution is 6.04. The third kappa shape index (κ3) is 3.79. The Hall–Kier alpha value is -2.42. The lowest BCUT2D eigenvalue weighted by Gasteiger charge is -2.00. The van der Waals surface area contributed by atoms with Crippen LogP contribution in [-0.4, -0.2) is 18.4 Å². The number of allylic oxidation sites excluding steroid dienone is 1. The fraction of sp³-hybridized carbons (Fsp3) is 0.176. The van der Waals surface area contributed by atoms with Crippen molar-refractivity contribution in [2.45, 2.75) is 13.3 Å². The van der Waals surface area contributed by atoms with Crippen molar-refractivity contribution >= 4 is 28.6 Å². The van der Waals surface area contributed by atoms with Crippen LogP contribution in [0.15, 0.2) is 48.5 Å². The van der Waals surface area contributed by atoms with Gasteiger partial charge in [-0.15, -0.1) is 0 Å². The molecular weight excluding hydrogens is 252 g/mol. The first kappa shape index (κ1) is 14.0. The summed E-state index contributed by atoms with van der Waals surface area (Å²) in [4.78, 5) is 22.7. The van der Waals surface area contributed by atoms with Gasteiger partial charge in [0.2, 0.25) is 0 Å². The van der Waals surface area contributed by atoms with Crippen LogP contribution >= 0.6 is 0 Å². The fourth-order valence-corrected chi connectivity index (χ4v) is 1.91. The van der Waals surface area contributed by atoms with Gasteiger partial charge in [0.25, 0.3) is 0 Å². The maximum absolute atomic E-state index is 11.6. The Morgan fingerprint density at radius 2 is 1.85 bits per heavy atom. The predicted molar refractivity (Wildman–Crippen MR) is 79.2 cm³/mol. The SMILES string of the molecule is CCOC(=O)CC(=O)C=Cc1ccc2ccccc2c1. The topological polar surface area (TPSA) is 43.4 Å². The zero-order chi connectivity index (χ0) is 14.4.